The highest BCUT2D eigenvalue weighted by Crippen LogP contribution is 2.18. The van der Waals surface area contributed by atoms with Crippen molar-refractivity contribution < 1.29 is 9.59 Å². The van der Waals surface area contributed by atoms with E-state index in [0.29, 0.717) is 22.3 Å². The Morgan fingerprint density at radius 1 is 0.885 bits per heavy atom. The van der Waals surface area contributed by atoms with Gasteiger partial charge >= 0.3 is 0 Å². The SMILES string of the molecule is CCc1nc2ccc(C(=O)Nc3ccc(C(N)=O)cc3)cc2nc1CC. The summed E-state index contributed by atoms with van der Waals surface area (Å²) in [7, 11) is 0. The average molecular weight is 348 g/mol. The second kappa shape index (κ2) is 7.31. The van der Waals surface area contributed by atoms with Crippen molar-refractivity contribution in [1.29, 1.82) is 0 Å². The fourth-order valence-electron chi connectivity index (χ4n) is 2.76. The summed E-state index contributed by atoms with van der Waals surface area (Å²) in [4.78, 5) is 32.9. The van der Waals surface area contributed by atoms with Gasteiger partial charge in [0.2, 0.25) is 5.91 Å². The van der Waals surface area contributed by atoms with Crippen molar-refractivity contribution in [3.8, 4) is 0 Å². The molecule has 26 heavy (non-hydrogen) atoms. The van der Waals surface area contributed by atoms with Gasteiger partial charge in [-0.3, -0.25) is 9.59 Å². The molecule has 3 aromatic rings. The van der Waals surface area contributed by atoms with E-state index in [1.807, 2.05) is 13.0 Å². The molecule has 0 radical (unpaired) electrons. The molecule has 3 rings (SSSR count). The van der Waals surface area contributed by atoms with Crippen LogP contribution in [0, 0.1) is 0 Å². The van der Waals surface area contributed by atoms with Crippen LogP contribution in [0.4, 0.5) is 5.69 Å². The van der Waals surface area contributed by atoms with Gasteiger partial charge in [0.25, 0.3) is 5.91 Å². The topological polar surface area (TPSA) is 98.0 Å². The average Bonchev–Trinajstić information content (AvgIpc) is 2.66. The molecule has 0 fully saturated rings. The van der Waals surface area contributed by atoms with Crippen LogP contribution in [0.15, 0.2) is 42.5 Å². The van der Waals surface area contributed by atoms with E-state index in [-0.39, 0.29) is 5.91 Å². The molecule has 0 unspecified atom stereocenters. The maximum absolute atomic E-state index is 12.5. The van der Waals surface area contributed by atoms with Gasteiger partial charge in [0.1, 0.15) is 0 Å². The summed E-state index contributed by atoms with van der Waals surface area (Å²) in [6, 6.07) is 11.7. The number of nitrogens with zero attached hydrogens (tertiary/aromatic N) is 2. The van der Waals surface area contributed by atoms with Crippen LogP contribution in [0.5, 0.6) is 0 Å². The normalized spacial score (nSPS) is 10.7. The first kappa shape index (κ1) is 17.5. The molecule has 3 N–H and O–H groups in total. The molecule has 0 atom stereocenters. The molecule has 6 heteroatoms. The van der Waals surface area contributed by atoms with Gasteiger partial charge < -0.3 is 11.1 Å². The van der Waals surface area contributed by atoms with Gasteiger partial charge in [-0.2, -0.15) is 0 Å². The van der Waals surface area contributed by atoms with Gasteiger partial charge in [0.05, 0.1) is 22.4 Å². The van der Waals surface area contributed by atoms with E-state index in [2.05, 4.69) is 22.2 Å². The van der Waals surface area contributed by atoms with Crippen LogP contribution in [0.2, 0.25) is 0 Å². The number of carbonyl (C=O) groups excluding carboxylic acids is 2. The zero-order chi connectivity index (χ0) is 18.7. The molecule has 132 valence electrons. The van der Waals surface area contributed by atoms with Crippen LogP contribution in [0.1, 0.15) is 46.0 Å². The van der Waals surface area contributed by atoms with E-state index in [0.717, 1.165) is 29.7 Å². The highest BCUT2D eigenvalue weighted by molar-refractivity contribution is 6.06. The first-order valence-corrected chi connectivity index (χ1v) is 8.52. The third kappa shape index (κ3) is 3.54. The Bertz CT molecular complexity index is 981. The molecule has 1 heterocycles. The molecular formula is C20H20N4O2. The molecule has 6 nitrogen and oxygen atoms in total. The number of primary amides is 1. The first-order chi connectivity index (χ1) is 12.5. The number of nitrogens with two attached hydrogens (primary N) is 1. The predicted octanol–water partition coefficient (Wildman–Crippen LogP) is 3.11. The van der Waals surface area contributed by atoms with E-state index in [1.165, 1.54) is 0 Å². The number of hydrogen-bond acceptors (Lipinski definition) is 4. The maximum Gasteiger partial charge on any atom is 0.255 e. The van der Waals surface area contributed by atoms with Gasteiger partial charge in [-0.05, 0) is 55.3 Å². The molecule has 2 aromatic carbocycles. The lowest BCUT2D eigenvalue weighted by Crippen LogP contribution is -2.13. The van der Waals surface area contributed by atoms with E-state index in [1.54, 1.807) is 36.4 Å². The minimum Gasteiger partial charge on any atom is -0.366 e. The molecule has 0 aliphatic carbocycles. The summed E-state index contributed by atoms with van der Waals surface area (Å²) in [5.74, 6) is -0.757. The fraction of sp³-hybridized carbons (Fsp3) is 0.200. The number of aryl methyl sites for hydroxylation is 2. The monoisotopic (exact) mass is 348 g/mol. The Morgan fingerprint density at radius 2 is 1.46 bits per heavy atom. The number of amides is 2. The minimum atomic E-state index is -0.505. The van der Waals surface area contributed by atoms with Gasteiger partial charge in [-0.15, -0.1) is 0 Å². The van der Waals surface area contributed by atoms with Crippen LogP contribution < -0.4 is 11.1 Å². The number of nitrogens with one attached hydrogen (secondary N) is 1. The molecule has 0 bridgehead atoms. The summed E-state index contributed by atoms with van der Waals surface area (Å²) < 4.78 is 0. The van der Waals surface area contributed by atoms with Crippen LogP contribution in [0.3, 0.4) is 0 Å². The Balaban J connectivity index is 1.87. The minimum absolute atomic E-state index is 0.252. The number of carbonyl (C=O) groups is 2. The Morgan fingerprint density at radius 3 is 2.04 bits per heavy atom. The fourth-order valence-corrected chi connectivity index (χ4v) is 2.76. The lowest BCUT2D eigenvalue weighted by Gasteiger charge is -2.09. The van der Waals surface area contributed by atoms with Crippen molar-refractivity contribution in [3.05, 3.63) is 65.0 Å². The number of anilines is 1. The van der Waals surface area contributed by atoms with Crippen LogP contribution in [0.25, 0.3) is 11.0 Å². The molecule has 0 saturated carbocycles. The number of benzene rings is 2. The molecule has 0 aliphatic rings. The van der Waals surface area contributed by atoms with Crippen molar-refractivity contribution >= 4 is 28.5 Å². The lowest BCUT2D eigenvalue weighted by atomic mass is 10.1. The quantitative estimate of drug-likeness (QED) is 0.740. The van der Waals surface area contributed by atoms with Crippen molar-refractivity contribution in [2.45, 2.75) is 26.7 Å². The van der Waals surface area contributed by atoms with Crippen molar-refractivity contribution in [3.63, 3.8) is 0 Å². The second-order valence-electron chi connectivity index (χ2n) is 5.92. The zero-order valence-corrected chi connectivity index (χ0v) is 14.7. The Hall–Kier alpha value is -3.28. The van der Waals surface area contributed by atoms with Gasteiger partial charge in [-0.1, -0.05) is 13.8 Å². The molecule has 0 saturated heterocycles. The standard InChI is InChI=1S/C20H20N4O2/c1-3-15-16(4-2)24-18-11-13(7-10-17(18)23-15)20(26)22-14-8-5-12(6-9-14)19(21)25/h5-11H,3-4H2,1-2H3,(H2,21,25)(H,22,26). The number of hydrogen-bond donors (Lipinski definition) is 2. The highest BCUT2D eigenvalue weighted by atomic mass is 16.2. The van der Waals surface area contributed by atoms with Gasteiger partial charge in [0.15, 0.2) is 0 Å². The molecule has 1 aromatic heterocycles. The summed E-state index contributed by atoms with van der Waals surface area (Å²) in [6.45, 7) is 4.10. The highest BCUT2D eigenvalue weighted by Gasteiger charge is 2.11. The molecule has 0 aliphatic heterocycles. The Kier molecular flexibility index (Phi) is 4.93. The number of rotatable bonds is 5. The summed E-state index contributed by atoms with van der Waals surface area (Å²) in [6.07, 6.45) is 1.63. The van der Waals surface area contributed by atoms with Crippen LogP contribution >= 0.6 is 0 Å². The first-order valence-electron chi connectivity index (χ1n) is 8.52. The lowest BCUT2D eigenvalue weighted by molar-refractivity contribution is 0.0998. The smallest absolute Gasteiger partial charge is 0.255 e. The van der Waals surface area contributed by atoms with Crippen molar-refractivity contribution in [1.82, 2.24) is 9.97 Å². The van der Waals surface area contributed by atoms with Crippen LogP contribution in [-0.4, -0.2) is 21.8 Å². The molecule has 0 spiro atoms. The van der Waals surface area contributed by atoms with Crippen molar-refractivity contribution in [2.75, 3.05) is 5.32 Å². The third-order valence-electron chi connectivity index (χ3n) is 4.18. The number of aromatic nitrogens is 2. The van der Waals surface area contributed by atoms with Crippen molar-refractivity contribution in [2.24, 2.45) is 5.73 Å². The van der Waals surface area contributed by atoms with E-state index in [4.69, 9.17) is 5.73 Å². The Labute approximate surface area is 151 Å². The van der Waals surface area contributed by atoms with E-state index >= 15 is 0 Å². The maximum atomic E-state index is 12.5. The largest absolute Gasteiger partial charge is 0.366 e. The third-order valence-corrected chi connectivity index (χ3v) is 4.18. The summed E-state index contributed by atoms with van der Waals surface area (Å²) >= 11 is 0. The molecule has 2 amide bonds. The summed E-state index contributed by atoms with van der Waals surface area (Å²) in [5, 5.41) is 2.80. The second-order valence-corrected chi connectivity index (χ2v) is 5.92. The number of fused-ring (bicyclic) bond motifs is 1. The predicted molar refractivity (Wildman–Crippen MR) is 101 cm³/mol. The van der Waals surface area contributed by atoms with Gasteiger partial charge in [0, 0.05) is 16.8 Å². The van der Waals surface area contributed by atoms with E-state index < -0.39 is 5.91 Å². The summed E-state index contributed by atoms with van der Waals surface area (Å²) in [5.41, 5.74) is 10.1. The van der Waals surface area contributed by atoms with E-state index in [9.17, 15) is 9.59 Å². The van der Waals surface area contributed by atoms with Gasteiger partial charge in [-0.25, -0.2) is 9.97 Å². The van der Waals surface area contributed by atoms with Crippen LogP contribution in [-0.2, 0) is 12.8 Å². The molecular weight excluding hydrogens is 328 g/mol. The zero-order valence-electron chi connectivity index (χ0n) is 14.7.